The Morgan fingerprint density at radius 2 is 1.38 bits per heavy atom. The van der Waals surface area contributed by atoms with Gasteiger partial charge in [-0.15, -0.1) is 0 Å². The molecule has 6 nitrogen and oxygen atoms in total. The van der Waals surface area contributed by atoms with Crippen molar-refractivity contribution in [3.05, 3.63) is 89.0 Å². The first-order chi connectivity index (χ1) is 18.5. The number of ketones is 2. The minimum Gasteiger partial charge on any atom is -0.497 e. The normalized spacial score (nSPS) is 20.4. The molecule has 0 amide bonds. The van der Waals surface area contributed by atoms with Crippen molar-refractivity contribution in [2.75, 3.05) is 7.11 Å². The van der Waals surface area contributed by atoms with Crippen LogP contribution in [0.4, 0.5) is 0 Å². The number of para-hydroxylation sites is 1. The molecule has 0 atom stereocenters. The van der Waals surface area contributed by atoms with Gasteiger partial charge in [-0.05, 0) is 47.2 Å². The molecule has 200 valence electrons. The lowest BCUT2D eigenvalue weighted by atomic mass is 9.65. The van der Waals surface area contributed by atoms with Crippen molar-refractivity contribution in [1.29, 1.82) is 0 Å². The molecule has 0 bridgehead atoms. The number of aromatic nitrogens is 2. The summed E-state index contributed by atoms with van der Waals surface area (Å²) in [5, 5.41) is 5.03. The van der Waals surface area contributed by atoms with E-state index in [4.69, 9.17) is 14.6 Å². The van der Waals surface area contributed by atoms with Crippen LogP contribution in [0.25, 0.3) is 16.9 Å². The molecule has 3 aromatic rings. The summed E-state index contributed by atoms with van der Waals surface area (Å²) in [7, 11) is 1.64. The Morgan fingerprint density at radius 3 is 1.92 bits per heavy atom. The molecule has 6 rings (SSSR count). The van der Waals surface area contributed by atoms with Crippen LogP contribution in [0.1, 0.15) is 64.9 Å². The average molecular weight is 523 g/mol. The van der Waals surface area contributed by atoms with Gasteiger partial charge in [0.1, 0.15) is 17.3 Å². The molecule has 0 fully saturated rings. The highest BCUT2D eigenvalue weighted by Gasteiger charge is 2.48. The van der Waals surface area contributed by atoms with E-state index in [-0.39, 0.29) is 22.4 Å². The van der Waals surface area contributed by atoms with Crippen LogP contribution in [0.3, 0.4) is 0 Å². The number of allylic oxidation sites excluding steroid dienone is 4. The van der Waals surface area contributed by atoms with Gasteiger partial charge in [-0.3, -0.25) is 9.59 Å². The van der Waals surface area contributed by atoms with Gasteiger partial charge in [-0.1, -0.05) is 45.9 Å². The Morgan fingerprint density at radius 1 is 0.821 bits per heavy atom. The van der Waals surface area contributed by atoms with Gasteiger partial charge in [-0.25, -0.2) is 4.68 Å². The third-order valence-electron chi connectivity index (χ3n) is 8.02. The number of hydrogen-bond acceptors (Lipinski definition) is 5. The van der Waals surface area contributed by atoms with Crippen LogP contribution in [-0.4, -0.2) is 28.5 Å². The number of nitrogens with zero attached hydrogens (tertiary/aromatic N) is 2. The second-order valence-electron chi connectivity index (χ2n) is 12.5. The van der Waals surface area contributed by atoms with Gasteiger partial charge in [0, 0.05) is 54.2 Å². The summed E-state index contributed by atoms with van der Waals surface area (Å²) in [4.78, 5) is 27.7. The molecule has 2 aromatic carbocycles. The molecular formula is C33H34N2O4. The predicted octanol–water partition coefficient (Wildman–Crippen LogP) is 6.95. The first kappa shape index (κ1) is 25.4. The summed E-state index contributed by atoms with van der Waals surface area (Å²) in [6.07, 6.45) is 4.12. The summed E-state index contributed by atoms with van der Waals surface area (Å²) in [6.45, 7) is 8.40. The molecule has 0 N–H and O–H groups in total. The van der Waals surface area contributed by atoms with Gasteiger partial charge >= 0.3 is 0 Å². The van der Waals surface area contributed by atoms with E-state index in [1.54, 1.807) is 7.11 Å². The lowest BCUT2D eigenvalue weighted by Gasteiger charge is -2.42. The van der Waals surface area contributed by atoms with Crippen LogP contribution in [0.2, 0.25) is 0 Å². The van der Waals surface area contributed by atoms with Crippen LogP contribution in [0.5, 0.6) is 5.75 Å². The largest absolute Gasteiger partial charge is 0.497 e. The van der Waals surface area contributed by atoms with Crippen molar-refractivity contribution >= 4 is 11.6 Å². The Hall–Kier alpha value is -3.93. The van der Waals surface area contributed by atoms with E-state index >= 15 is 0 Å². The Labute approximate surface area is 229 Å². The number of carbonyl (C=O) groups is 2. The highest BCUT2D eigenvalue weighted by molar-refractivity contribution is 6.06. The van der Waals surface area contributed by atoms with E-state index in [1.807, 2.05) is 65.5 Å². The first-order valence-electron chi connectivity index (χ1n) is 13.5. The second-order valence-corrected chi connectivity index (χ2v) is 12.5. The molecule has 0 saturated heterocycles. The maximum atomic E-state index is 13.8. The number of benzene rings is 2. The number of rotatable bonds is 4. The monoisotopic (exact) mass is 522 g/mol. The number of methoxy groups -OCH3 is 1. The average Bonchev–Trinajstić information content (AvgIpc) is 3.32. The van der Waals surface area contributed by atoms with Gasteiger partial charge < -0.3 is 9.47 Å². The van der Waals surface area contributed by atoms with Gasteiger partial charge in [0.2, 0.25) is 0 Å². The molecule has 6 heteroatoms. The zero-order chi connectivity index (χ0) is 27.5. The van der Waals surface area contributed by atoms with Crippen molar-refractivity contribution < 1.29 is 19.1 Å². The fraction of sp³-hybridized carbons (Fsp3) is 0.364. The van der Waals surface area contributed by atoms with E-state index in [2.05, 4.69) is 27.7 Å². The van der Waals surface area contributed by atoms with E-state index < -0.39 is 5.92 Å². The molecular weight excluding hydrogens is 488 g/mol. The summed E-state index contributed by atoms with van der Waals surface area (Å²) in [5.41, 5.74) is 4.19. The molecule has 0 unspecified atom stereocenters. The topological polar surface area (TPSA) is 70.4 Å². The third kappa shape index (κ3) is 4.52. The van der Waals surface area contributed by atoms with Crippen LogP contribution in [0.15, 0.2) is 83.5 Å². The molecule has 0 spiro atoms. The molecule has 0 saturated carbocycles. The van der Waals surface area contributed by atoms with Crippen molar-refractivity contribution in [1.82, 2.24) is 9.78 Å². The summed E-state index contributed by atoms with van der Waals surface area (Å²) in [5.74, 6) is 1.73. The minimum atomic E-state index is -0.523. The lowest BCUT2D eigenvalue weighted by Crippen LogP contribution is -2.37. The number of carbonyl (C=O) groups excluding carboxylic acids is 2. The van der Waals surface area contributed by atoms with Crippen LogP contribution >= 0.6 is 0 Å². The predicted molar refractivity (Wildman–Crippen MR) is 149 cm³/mol. The summed E-state index contributed by atoms with van der Waals surface area (Å²) >= 11 is 0. The fourth-order valence-electron chi connectivity index (χ4n) is 6.27. The van der Waals surface area contributed by atoms with E-state index in [0.717, 1.165) is 28.3 Å². The van der Waals surface area contributed by atoms with Crippen molar-refractivity contribution in [3.63, 3.8) is 0 Å². The molecule has 3 aliphatic rings. The minimum absolute atomic E-state index is 0.0450. The van der Waals surface area contributed by atoms with Crippen LogP contribution in [0, 0.1) is 10.8 Å². The third-order valence-corrected chi connectivity index (χ3v) is 8.02. The smallest absolute Gasteiger partial charge is 0.163 e. The van der Waals surface area contributed by atoms with E-state index in [9.17, 15) is 9.59 Å². The standard InChI is InChI=1S/C33H34N2O4/c1-32(2)15-24(36)29-26(17-32)39-27-18-33(3,4)16-25(37)30(27)28(29)23-19-35(21-9-7-6-8-10-21)34-31(23)20-11-13-22(38-5)14-12-20/h6-14,19,28H,15-18H2,1-5H3. The maximum absolute atomic E-state index is 13.8. The van der Waals surface area contributed by atoms with Gasteiger partial charge in [-0.2, -0.15) is 5.10 Å². The first-order valence-corrected chi connectivity index (χ1v) is 13.5. The molecule has 1 aromatic heterocycles. The SMILES string of the molecule is COc1ccc(-c2nn(-c3ccccc3)cc2C2C3=C(CC(C)(C)CC3=O)OC3=C2C(=O)CC(C)(C)C3)cc1. The second kappa shape index (κ2) is 9.08. The number of ether oxygens (including phenoxy) is 2. The number of hydrogen-bond donors (Lipinski definition) is 0. The quantitative estimate of drug-likeness (QED) is 0.371. The Kier molecular flexibility index (Phi) is 5.90. The fourth-order valence-corrected chi connectivity index (χ4v) is 6.27. The Bertz CT molecular complexity index is 1490. The zero-order valence-electron chi connectivity index (χ0n) is 23.2. The van der Waals surface area contributed by atoms with Crippen LogP contribution < -0.4 is 4.74 Å². The van der Waals surface area contributed by atoms with E-state index in [1.165, 1.54) is 0 Å². The Balaban J connectivity index is 1.61. The van der Waals surface area contributed by atoms with Gasteiger partial charge in [0.25, 0.3) is 0 Å². The van der Waals surface area contributed by atoms with Gasteiger partial charge in [0.05, 0.1) is 24.4 Å². The highest BCUT2D eigenvalue weighted by atomic mass is 16.5. The molecule has 39 heavy (non-hydrogen) atoms. The van der Waals surface area contributed by atoms with E-state index in [0.29, 0.717) is 48.3 Å². The summed E-state index contributed by atoms with van der Waals surface area (Å²) < 4.78 is 13.7. The molecule has 0 radical (unpaired) electrons. The molecule has 1 aliphatic heterocycles. The van der Waals surface area contributed by atoms with Crippen molar-refractivity contribution in [2.24, 2.45) is 10.8 Å². The summed E-state index contributed by atoms with van der Waals surface area (Å²) in [6, 6.07) is 17.7. The zero-order valence-corrected chi connectivity index (χ0v) is 23.2. The highest BCUT2D eigenvalue weighted by Crippen LogP contribution is 2.54. The van der Waals surface area contributed by atoms with Gasteiger partial charge in [0.15, 0.2) is 11.6 Å². The maximum Gasteiger partial charge on any atom is 0.163 e. The molecule has 2 heterocycles. The number of Topliss-reactive ketones (excluding diaryl/α,β-unsaturated/α-hetero) is 2. The lowest BCUT2D eigenvalue weighted by molar-refractivity contribution is -0.120. The molecule has 2 aliphatic carbocycles. The van der Waals surface area contributed by atoms with Crippen molar-refractivity contribution in [2.45, 2.75) is 59.3 Å². The van der Waals surface area contributed by atoms with Crippen LogP contribution in [-0.2, 0) is 14.3 Å². The van der Waals surface area contributed by atoms with Crippen molar-refractivity contribution in [3.8, 4) is 22.7 Å².